The summed E-state index contributed by atoms with van der Waals surface area (Å²) in [6, 6.07) is 0. The van der Waals surface area contributed by atoms with Gasteiger partial charge in [0, 0.05) is 0 Å². The maximum Gasteiger partial charge on any atom is 0.406 e. The molecule has 0 spiro atoms. The molecule has 0 aliphatic rings. The van der Waals surface area contributed by atoms with Crippen LogP contribution in [-0.4, -0.2) is 16.3 Å². The predicted octanol–water partition coefficient (Wildman–Crippen LogP) is 5.93. The molecule has 4 heteroatoms. The molecule has 0 rings (SSSR count). The SMILES string of the molecule is CCCCCCCCCCCCCCCC=C(O)C(=O)OO. The van der Waals surface area contributed by atoms with Crippen LogP contribution < -0.4 is 0 Å². The minimum atomic E-state index is -1.09. The van der Waals surface area contributed by atoms with Crippen molar-refractivity contribution in [1.29, 1.82) is 0 Å². The van der Waals surface area contributed by atoms with E-state index in [0.717, 1.165) is 12.8 Å². The average molecular weight is 314 g/mol. The second kappa shape index (κ2) is 16.3. The lowest BCUT2D eigenvalue weighted by Crippen LogP contribution is -2.03. The third-order valence-electron chi connectivity index (χ3n) is 3.94. The molecule has 0 fully saturated rings. The molecule has 0 aromatic heterocycles. The summed E-state index contributed by atoms with van der Waals surface area (Å²) in [5.41, 5.74) is 0. The fourth-order valence-electron chi connectivity index (χ4n) is 2.53. The highest BCUT2D eigenvalue weighted by Crippen LogP contribution is 2.13. The Kier molecular flexibility index (Phi) is 15.6. The van der Waals surface area contributed by atoms with Crippen LogP contribution in [0.3, 0.4) is 0 Å². The summed E-state index contributed by atoms with van der Waals surface area (Å²) in [4.78, 5) is 14.1. The van der Waals surface area contributed by atoms with Crippen LogP contribution in [0.15, 0.2) is 11.8 Å². The molecule has 22 heavy (non-hydrogen) atoms. The van der Waals surface area contributed by atoms with Crippen molar-refractivity contribution in [2.24, 2.45) is 0 Å². The van der Waals surface area contributed by atoms with Gasteiger partial charge in [-0.15, -0.1) is 0 Å². The Hall–Kier alpha value is -1.03. The zero-order chi connectivity index (χ0) is 16.5. The van der Waals surface area contributed by atoms with Gasteiger partial charge in [0.05, 0.1) is 0 Å². The molecule has 0 aliphatic carbocycles. The highest BCUT2D eigenvalue weighted by atomic mass is 17.1. The molecule has 4 nitrogen and oxygen atoms in total. The topological polar surface area (TPSA) is 66.8 Å². The van der Waals surface area contributed by atoms with Crippen molar-refractivity contribution >= 4 is 5.97 Å². The van der Waals surface area contributed by atoms with E-state index in [1.165, 1.54) is 76.7 Å². The Morgan fingerprint density at radius 1 is 0.818 bits per heavy atom. The summed E-state index contributed by atoms with van der Waals surface area (Å²) < 4.78 is 0. The van der Waals surface area contributed by atoms with Crippen molar-refractivity contribution in [2.75, 3.05) is 0 Å². The van der Waals surface area contributed by atoms with Gasteiger partial charge in [-0.25, -0.2) is 4.79 Å². The van der Waals surface area contributed by atoms with Crippen LogP contribution in [0.25, 0.3) is 0 Å². The first-order valence-electron chi connectivity index (χ1n) is 8.97. The van der Waals surface area contributed by atoms with E-state index >= 15 is 0 Å². The Balaban J connectivity index is 3.19. The van der Waals surface area contributed by atoms with Crippen LogP contribution >= 0.6 is 0 Å². The standard InChI is InChI=1S/C18H34O4/c1-2-3-4-5-6-7-8-9-10-11-12-13-14-15-16-17(19)18(20)22-21/h16,19,21H,2-15H2,1H3. The van der Waals surface area contributed by atoms with Crippen LogP contribution in [0.2, 0.25) is 0 Å². The van der Waals surface area contributed by atoms with Gasteiger partial charge in [-0.05, 0) is 18.9 Å². The molecule has 2 N–H and O–H groups in total. The summed E-state index contributed by atoms with van der Waals surface area (Å²) in [5.74, 6) is -1.60. The normalized spacial score (nSPS) is 11.6. The third kappa shape index (κ3) is 13.9. The van der Waals surface area contributed by atoms with Crippen LogP contribution in [0.4, 0.5) is 0 Å². The molecule has 0 aromatic rings. The molecular weight excluding hydrogens is 280 g/mol. The zero-order valence-corrected chi connectivity index (χ0v) is 14.2. The second-order valence-electron chi connectivity index (χ2n) is 6.00. The van der Waals surface area contributed by atoms with Crippen molar-refractivity contribution < 1.29 is 20.0 Å². The monoisotopic (exact) mass is 314 g/mol. The number of allylic oxidation sites excluding steroid dienone is 1. The molecule has 0 amide bonds. The Morgan fingerprint density at radius 2 is 1.23 bits per heavy atom. The summed E-state index contributed by atoms with van der Waals surface area (Å²) in [7, 11) is 0. The number of aliphatic hydroxyl groups is 1. The number of unbranched alkanes of at least 4 members (excludes halogenated alkanes) is 13. The van der Waals surface area contributed by atoms with E-state index in [4.69, 9.17) is 10.4 Å². The van der Waals surface area contributed by atoms with Crippen LogP contribution in [-0.2, 0) is 9.68 Å². The smallest absolute Gasteiger partial charge is 0.406 e. The minimum absolute atomic E-state index is 0.513. The van der Waals surface area contributed by atoms with Gasteiger partial charge >= 0.3 is 5.97 Å². The first kappa shape index (κ1) is 21.0. The summed E-state index contributed by atoms with van der Waals surface area (Å²) >= 11 is 0. The van der Waals surface area contributed by atoms with Crippen molar-refractivity contribution in [3.05, 3.63) is 11.8 Å². The largest absolute Gasteiger partial charge is 0.502 e. The number of rotatable bonds is 15. The molecule has 0 aromatic carbocycles. The minimum Gasteiger partial charge on any atom is -0.502 e. The summed E-state index contributed by atoms with van der Waals surface area (Å²) in [6.45, 7) is 2.25. The number of hydrogen-bond acceptors (Lipinski definition) is 4. The second-order valence-corrected chi connectivity index (χ2v) is 6.00. The van der Waals surface area contributed by atoms with E-state index in [2.05, 4.69) is 11.8 Å². The molecule has 0 radical (unpaired) electrons. The van der Waals surface area contributed by atoms with E-state index in [-0.39, 0.29) is 0 Å². The molecule has 0 saturated heterocycles. The van der Waals surface area contributed by atoms with Gasteiger partial charge in [-0.2, -0.15) is 5.26 Å². The quantitative estimate of drug-likeness (QED) is 0.129. The fraction of sp³-hybridized carbons (Fsp3) is 0.833. The molecule has 0 unspecified atom stereocenters. The van der Waals surface area contributed by atoms with E-state index in [1.807, 2.05) is 0 Å². The molecule has 0 saturated carbocycles. The van der Waals surface area contributed by atoms with Crippen LogP contribution in [0, 0.1) is 0 Å². The van der Waals surface area contributed by atoms with Crippen LogP contribution in [0.1, 0.15) is 96.8 Å². The summed E-state index contributed by atoms with van der Waals surface area (Å²) in [5, 5.41) is 17.2. The van der Waals surface area contributed by atoms with E-state index in [0.29, 0.717) is 6.42 Å². The predicted molar refractivity (Wildman–Crippen MR) is 89.7 cm³/mol. The van der Waals surface area contributed by atoms with Crippen molar-refractivity contribution in [2.45, 2.75) is 96.8 Å². The Labute approximate surface area is 135 Å². The van der Waals surface area contributed by atoms with E-state index < -0.39 is 11.7 Å². The molecule has 0 aliphatic heterocycles. The van der Waals surface area contributed by atoms with Gasteiger partial charge in [0.15, 0.2) is 0 Å². The highest BCUT2D eigenvalue weighted by Gasteiger charge is 2.06. The lowest BCUT2D eigenvalue weighted by molar-refractivity contribution is -0.232. The Morgan fingerprint density at radius 3 is 1.64 bits per heavy atom. The lowest BCUT2D eigenvalue weighted by atomic mass is 10.0. The lowest BCUT2D eigenvalue weighted by Gasteiger charge is -2.02. The van der Waals surface area contributed by atoms with Crippen molar-refractivity contribution in [1.82, 2.24) is 0 Å². The maximum atomic E-state index is 10.7. The summed E-state index contributed by atoms with van der Waals surface area (Å²) in [6.07, 6.45) is 18.9. The van der Waals surface area contributed by atoms with Crippen molar-refractivity contribution in [3.8, 4) is 0 Å². The number of aliphatic hydroxyl groups excluding tert-OH is 1. The maximum absolute atomic E-state index is 10.7. The van der Waals surface area contributed by atoms with Gasteiger partial charge in [-0.3, -0.25) is 4.89 Å². The average Bonchev–Trinajstić information content (AvgIpc) is 2.54. The molecular formula is C18H34O4. The van der Waals surface area contributed by atoms with E-state index in [1.54, 1.807) is 0 Å². The highest BCUT2D eigenvalue weighted by molar-refractivity contribution is 5.84. The molecule has 130 valence electrons. The molecule has 0 atom stereocenters. The van der Waals surface area contributed by atoms with Crippen molar-refractivity contribution in [3.63, 3.8) is 0 Å². The number of carbonyl (C=O) groups excluding carboxylic acids is 1. The number of carbonyl (C=O) groups is 1. The molecule has 0 heterocycles. The van der Waals surface area contributed by atoms with Gasteiger partial charge in [0.25, 0.3) is 0 Å². The van der Waals surface area contributed by atoms with Gasteiger partial charge < -0.3 is 5.11 Å². The van der Waals surface area contributed by atoms with E-state index in [9.17, 15) is 4.79 Å². The Bertz CT molecular complexity index is 287. The molecule has 0 bridgehead atoms. The fourth-order valence-corrected chi connectivity index (χ4v) is 2.53. The van der Waals surface area contributed by atoms with Gasteiger partial charge in [0.2, 0.25) is 5.76 Å². The van der Waals surface area contributed by atoms with Gasteiger partial charge in [-0.1, -0.05) is 84.0 Å². The van der Waals surface area contributed by atoms with Gasteiger partial charge in [0.1, 0.15) is 0 Å². The zero-order valence-electron chi connectivity index (χ0n) is 14.2. The first-order chi connectivity index (χ1) is 10.7. The first-order valence-corrected chi connectivity index (χ1v) is 8.97. The van der Waals surface area contributed by atoms with Crippen LogP contribution in [0.5, 0.6) is 0 Å². The number of hydrogen-bond donors (Lipinski definition) is 2. The third-order valence-corrected chi connectivity index (χ3v) is 3.94.